The first kappa shape index (κ1) is 22.9. The Labute approximate surface area is 202 Å². The lowest BCUT2D eigenvalue weighted by Crippen LogP contribution is -2.37. The van der Waals surface area contributed by atoms with Crippen molar-refractivity contribution in [3.05, 3.63) is 98.5 Å². The van der Waals surface area contributed by atoms with Crippen molar-refractivity contribution in [2.75, 3.05) is 13.2 Å². The Morgan fingerprint density at radius 2 is 1.78 bits per heavy atom. The molecule has 3 aromatic rings. The van der Waals surface area contributed by atoms with Crippen molar-refractivity contribution in [1.82, 2.24) is 4.90 Å². The number of carbonyl (C=O) groups is 1. The molecule has 3 aromatic carbocycles. The van der Waals surface area contributed by atoms with E-state index in [-0.39, 0.29) is 18.6 Å². The smallest absolute Gasteiger partial charge is 0.254 e. The van der Waals surface area contributed by atoms with Gasteiger partial charge in [0.05, 0.1) is 17.7 Å². The first-order valence-electron chi connectivity index (χ1n) is 10.4. The zero-order valence-corrected chi connectivity index (χ0v) is 19.4. The van der Waals surface area contributed by atoms with Crippen molar-refractivity contribution in [3.63, 3.8) is 0 Å². The summed E-state index contributed by atoms with van der Waals surface area (Å²) in [6.45, 7) is 0.590. The summed E-state index contributed by atoms with van der Waals surface area (Å²) in [6, 6.07) is 19.7. The largest absolute Gasteiger partial charge is 0.479 e. The molecule has 1 saturated heterocycles. The molecule has 1 heterocycles. The highest BCUT2D eigenvalue weighted by atomic mass is 35.5. The molecule has 1 N–H and O–H groups in total. The molecule has 0 aliphatic carbocycles. The van der Waals surface area contributed by atoms with E-state index in [1.807, 2.05) is 30.3 Å². The summed E-state index contributed by atoms with van der Waals surface area (Å²) in [5.74, 6) is 0.290. The van der Waals surface area contributed by atoms with Crippen molar-refractivity contribution in [3.8, 4) is 5.75 Å². The zero-order valence-electron chi connectivity index (χ0n) is 17.2. The zero-order chi connectivity index (χ0) is 22.7. The first-order valence-corrected chi connectivity index (χ1v) is 11.5. The van der Waals surface area contributed by atoms with Crippen LogP contribution < -0.4 is 4.74 Å². The number of ether oxygens (including phenoxy) is 1. The number of aliphatic hydroxyl groups excluding tert-OH is 1. The fourth-order valence-electron chi connectivity index (χ4n) is 3.95. The van der Waals surface area contributed by atoms with Gasteiger partial charge in [-0.25, -0.2) is 0 Å². The van der Waals surface area contributed by atoms with Crippen molar-refractivity contribution in [1.29, 1.82) is 0 Å². The molecule has 1 fully saturated rings. The molecule has 1 aliphatic heterocycles. The summed E-state index contributed by atoms with van der Waals surface area (Å²) >= 11 is 19.1. The van der Waals surface area contributed by atoms with E-state index in [0.717, 1.165) is 24.0 Å². The standard InChI is InChI=1S/C25H22Cl3NO3/c26-18-10-7-16(8-11-18)24(20-5-1-2-6-21(20)27)32-23-12-9-17(14-22(23)28)25(31)29-13-3-4-19(29)15-30/h1-2,5-12,14,19,24,30H,3-4,13,15H2. The molecular formula is C25H22Cl3NO3. The van der Waals surface area contributed by atoms with E-state index >= 15 is 0 Å². The molecule has 0 aromatic heterocycles. The molecule has 0 spiro atoms. The van der Waals surface area contributed by atoms with E-state index in [9.17, 15) is 9.90 Å². The van der Waals surface area contributed by atoms with Gasteiger partial charge in [-0.3, -0.25) is 4.79 Å². The number of amides is 1. The summed E-state index contributed by atoms with van der Waals surface area (Å²) < 4.78 is 6.32. The molecular weight excluding hydrogens is 469 g/mol. The lowest BCUT2D eigenvalue weighted by Gasteiger charge is -2.24. The van der Waals surface area contributed by atoms with Crippen LogP contribution >= 0.6 is 34.8 Å². The second kappa shape index (κ2) is 10.1. The van der Waals surface area contributed by atoms with Crippen LogP contribution in [0.3, 0.4) is 0 Å². The van der Waals surface area contributed by atoms with Crippen LogP contribution in [0, 0.1) is 0 Å². The SMILES string of the molecule is O=C(c1ccc(OC(c2ccc(Cl)cc2)c2ccccc2Cl)c(Cl)c1)N1CCCC1CO. The topological polar surface area (TPSA) is 49.8 Å². The third-order valence-corrected chi connectivity index (χ3v) is 6.52. The monoisotopic (exact) mass is 489 g/mol. The van der Waals surface area contributed by atoms with Gasteiger partial charge in [0, 0.05) is 27.7 Å². The van der Waals surface area contributed by atoms with Gasteiger partial charge in [-0.15, -0.1) is 0 Å². The summed E-state index contributed by atoms with van der Waals surface area (Å²) in [4.78, 5) is 14.6. The van der Waals surface area contributed by atoms with Crippen LogP contribution in [0.2, 0.25) is 15.1 Å². The van der Waals surface area contributed by atoms with Gasteiger partial charge in [0.1, 0.15) is 5.75 Å². The van der Waals surface area contributed by atoms with E-state index in [1.54, 1.807) is 41.3 Å². The Balaban J connectivity index is 1.63. The highest BCUT2D eigenvalue weighted by Crippen LogP contribution is 2.36. The van der Waals surface area contributed by atoms with Crippen LogP contribution in [0.5, 0.6) is 5.75 Å². The first-order chi connectivity index (χ1) is 15.5. The molecule has 1 amide bonds. The molecule has 7 heteroatoms. The summed E-state index contributed by atoms with van der Waals surface area (Å²) in [5, 5.41) is 11.0. The van der Waals surface area contributed by atoms with Crippen molar-refractivity contribution < 1.29 is 14.6 Å². The van der Waals surface area contributed by atoms with Gasteiger partial charge in [0.15, 0.2) is 6.10 Å². The number of nitrogens with zero attached hydrogens (tertiary/aromatic N) is 1. The number of hydrogen-bond donors (Lipinski definition) is 1. The Morgan fingerprint density at radius 1 is 1.03 bits per heavy atom. The minimum Gasteiger partial charge on any atom is -0.479 e. The molecule has 0 bridgehead atoms. The number of hydrogen-bond acceptors (Lipinski definition) is 3. The van der Waals surface area contributed by atoms with E-state index in [2.05, 4.69) is 0 Å². The normalized spacial score (nSPS) is 16.8. The average molecular weight is 491 g/mol. The van der Waals surface area contributed by atoms with Gasteiger partial charge in [-0.1, -0.05) is 65.1 Å². The maximum Gasteiger partial charge on any atom is 0.254 e. The van der Waals surface area contributed by atoms with E-state index < -0.39 is 6.10 Å². The van der Waals surface area contributed by atoms with Crippen molar-refractivity contribution in [2.24, 2.45) is 0 Å². The third-order valence-electron chi connectivity index (χ3n) is 5.63. The van der Waals surface area contributed by atoms with E-state index in [1.165, 1.54) is 0 Å². The molecule has 166 valence electrons. The van der Waals surface area contributed by atoms with Crippen LogP contribution in [0.25, 0.3) is 0 Å². The summed E-state index contributed by atoms with van der Waals surface area (Å²) in [7, 11) is 0. The average Bonchev–Trinajstić information content (AvgIpc) is 3.28. The minimum absolute atomic E-state index is 0.0404. The maximum absolute atomic E-state index is 12.9. The predicted octanol–water partition coefficient (Wildman–Crippen LogP) is 6.41. The quantitative estimate of drug-likeness (QED) is 0.434. The van der Waals surface area contributed by atoms with Crippen LogP contribution in [0.15, 0.2) is 66.7 Å². The second-order valence-corrected chi connectivity index (χ2v) is 8.94. The number of aliphatic hydroxyl groups is 1. The van der Waals surface area contributed by atoms with Crippen LogP contribution in [0.1, 0.15) is 40.4 Å². The summed E-state index contributed by atoms with van der Waals surface area (Å²) in [5.41, 5.74) is 2.11. The Bertz CT molecular complexity index is 1100. The maximum atomic E-state index is 12.9. The number of rotatable bonds is 6. The van der Waals surface area contributed by atoms with Gasteiger partial charge >= 0.3 is 0 Å². The van der Waals surface area contributed by atoms with E-state index in [4.69, 9.17) is 39.5 Å². The van der Waals surface area contributed by atoms with E-state index in [0.29, 0.717) is 32.9 Å². The lowest BCUT2D eigenvalue weighted by atomic mass is 10.0. The molecule has 0 radical (unpaired) electrons. The Morgan fingerprint density at radius 3 is 2.47 bits per heavy atom. The third kappa shape index (κ3) is 4.89. The molecule has 2 atom stereocenters. The highest BCUT2D eigenvalue weighted by Gasteiger charge is 2.29. The molecule has 0 saturated carbocycles. The highest BCUT2D eigenvalue weighted by molar-refractivity contribution is 6.32. The molecule has 4 nitrogen and oxygen atoms in total. The molecule has 2 unspecified atom stereocenters. The Hall–Kier alpha value is -2.24. The van der Waals surface area contributed by atoms with Gasteiger partial charge in [0.2, 0.25) is 0 Å². The van der Waals surface area contributed by atoms with Crippen molar-refractivity contribution in [2.45, 2.75) is 25.0 Å². The van der Waals surface area contributed by atoms with Gasteiger partial charge in [-0.05, 0) is 54.8 Å². The molecule has 1 aliphatic rings. The van der Waals surface area contributed by atoms with Gasteiger partial charge in [0.25, 0.3) is 5.91 Å². The number of carbonyl (C=O) groups excluding carboxylic acids is 1. The minimum atomic E-state index is -0.516. The molecule has 32 heavy (non-hydrogen) atoms. The predicted molar refractivity (Wildman–Crippen MR) is 128 cm³/mol. The van der Waals surface area contributed by atoms with Crippen LogP contribution in [-0.2, 0) is 0 Å². The van der Waals surface area contributed by atoms with Gasteiger partial charge < -0.3 is 14.7 Å². The summed E-state index contributed by atoms with van der Waals surface area (Å²) in [6.07, 6.45) is 1.17. The fourth-order valence-corrected chi connectivity index (χ4v) is 4.54. The number of halogens is 3. The lowest BCUT2D eigenvalue weighted by molar-refractivity contribution is 0.0677. The fraction of sp³-hybridized carbons (Fsp3) is 0.240. The Kier molecular flexibility index (Phi) is 7.27. The number of benzene rings is 3. The van der Waals surface area contributed by atoms with Crippen molar-refractivity contribution >= 4 is 40.7 Å². The van der Waals surface area contributed by atoms with Crippen LogP contribution in [-0.4, -0.2) is 35.1 Å². The second-order valence-electron chi connectivity index (χ2n) is 7.69. The van der Waals surface area contributed by atoms with Crippen LogP contribution in [0.4, 0.5) is 0 Å². The molecule has 4 rings (SSSR count). The van der Waals surface area contributed by atoms with Gasteiger partial charge in [-0.2, -0.15) is 0 Å². The number of likely N-dealkylation sites (tertiary alicyclic amines) is 1.